The number of carbonyl (C=O) groups is 1. The fourth-order valence-corrected chi connectivity index (χ4v) is 4.61. The molecule has 0 bridgehead atoms. The minimum atomic E-state index is -0.210. The first-order chi connectivity index (χ1) is 10.6. The highest BCUT2D eigenvalue weighted by atomic mass is 16.5. The molecule has 0 fully saturated rings. The van der Waals surface area contributed by atoms with Crippen LogP contribution in [0.5, 0.6) is 5.75 Å². The van der Waals surface area contributed by atoms with Gasteiger partial charge in [0, 0.05) is 6.42 Å². The summed E-state index contributed by atoms with van der Waals surface area (Å²) in [6.45, 7) is 4.31. The molecule has 3 aliphatic carbocycles. The number of ether oxygens (including phenoxy) is 1. The maximum atomic E-state index is 12.3. The average Bonchev–Trinajstić information content (AvgIpc) is 2.83. The minimum absolute atomic E-state index is 0.210. The Labute approximate surface area is 131 Å². The summed E-state index contributed by atoms with van der Waals surface area (Å²) < 4.78 is 5.47. The lowest BCUT2D eigenvalue weighted by molar-refractivity contribution is -0.124. The molecule has 0 saturated heterocycles. The zero-order valence-corrected chi connectivity index (χ0v) is 13.6. The molecule has 2 heteroatoms. The summed E-state index contributed by atoms with van der Waals surface area (Å²) in [6.07, 6.45) is 6.91. The number of hydrogen-bond donors (Lipinski definition) is 0. The van der Waals surface area contributed by atoms with E-state index in [0.717, 1.165) is 31.4 Å². The van der Waals surface area contributed by atoms with Crippen LogP contribution in [0.3, 0.4) is 0 Å². The molecule has 3 aliphatic rings. The number of allylic oxidation sites excluding steroid dienone is 4. The molecular formula is C20H22O2. The van der Waals surface area contributed by atoms with Gasteiger partial charge in [-0.3, -0.25) is 4.79 Å². The van der Waals surface area contributed by atoms with E-state index in [1.54, 1.807) is 7.11 Å². The molecule has 0 aromatic heterocycles. The van der Waals surface area contributed by atoms with E-state index in [1.165, 1.54) is 33.4 Å². The second kappa shape index (κ2) is 4.58. The van der Waals surface area contributed by atoms with Crippen molar-refractivity contribution in [2.75, 3.05) is 7.11 Å². The van der Waals surface area contributed by atoms with Gasteiger partial charge >= 0.3 is 0 Å². The Morgan fingerprint density at radius 1 is 1.14 bits per heavy atom. The van der Waals surface area contributed by atoms with Gasteiger partial charge in [-0.1, -0.05) is 12.1 Å². The topological polar surface area (TPSA) is 26.3 Å². The predicted octanol–water partition coefficient (Wildman–Crippen LogP) is 4.40. The molecule has 0 N–H and O–H groups in total. The molecule has 1 aromatic carbocycles. The molecule has 0 radical (unpaired) electrons. The van der Waals surface area contributed by atoms with Crippen molar-refractivity contribution >= 4 is 11.4 Å². The van der Waals surface area contributed by atoms with Crippen LogP contribution < -0.4 is 4.74 Å². The third-order valence-corrected chi connectivity index (χ3v) is 5.98. The van der Waals surface area contributed by atoms with Crippen molar-refractivity contribution in [2.24, 2.45) is 5.41 Å². The molecule has 0 amide bonds. The summed E-state index contributed by atoms with van der Waals surface area (Å²) in [6, 6.07) is 4.31. The molecule has 4 rings (SSSR count). The lowest BCUT2D eigenvalue weighted by atomic mass is 9.65. The number of benzene rings is 1. The van der Waals surface area contributed by atoms with Crippen LogP contribution in [0.1, 0.15) is 49.3 Å². The van der Waals surface area contributed by atoms with Crippen molar-refractivity contribution in [2.45, 2.75) is 46.0 Å². The Morgan fingerprint density at radius 3 is 2.73 bits per heavy atom. The van der Waals surface area contributed by atoms with E-state index in [0.29, 0.717) is 12.2 Å². The average molecular weight is 294 g/mol. The number of ketones is 1. The number of rotatable bonds is 1. The summed E-state index contributed by atoms with van der Waals surface area (Å²) in [7, 11) is 1.74. The summed E-state index contributed by atoms with van der Waals surface area (Å²) in [5, 5.41) is 0. The van der Waals surface area contributed by atoms with Gasteiger partial charge in [0.1, 0.15) is 11.5 Å². The Kier molecular flexibility index (Phi) is 2.87. The number of fused-ring (bicyclic) bond motifs is 4. The zero-order valence-electron chi connectivity index (χ0n) is 13.6. The normalized spacial score (nSPS) is 26.3. The Balaban J connectivity index is 1.88. The Hall–Kier alpha value is -1.83. The highest BCUT2D eigenvalue weighted by Crippen LogP contribution is 2.54. The highest BCUT2D eigenvalue weighted by Gasteiger charge is 2.45. The second-order valence-corrected chi connectivity index (χ2v) is 6.95. The molecule has 0 saturated carbocycles. The lowest BCUT2D eigenvalue weighted by Gasteiger charge is -2.38. The SMILES string of the molecule is COc1ccc2c(c1C)CCC1=C2CC[C@]2(C)C(=O)CC=C12. The quantitative estimate of drug-likeness (QED) is 0.767. The monoisotopic (exact) mass is 294 g/mol. The van der Waals surface area contributed by atoms with Gasteiger partial charge in [-0.05, 0) is 79.0 Å². The van der Waals surface area contributed by atoms with Crippen molar-refractivity contribution in [1.29, 1.82) is 0 Å². The second-order valence-electron chi connectivity index (χ2n) is 6.95. The molecule has 0 unspecified atom stereocenters. The summed E-state index contributed by atoms with van der Waals surface area (Å²) in [5.74, 6) is 1.39. The van der Waals surface area contributed by atoms with Crippen LogP contribution in [0.25, 0.3) is 5.57 Å². The minimum Gasteiger partial charge on any atom is -0.496 e. The van der Waals surface area contributed by atoms with Crippen LogP contribution >= 0.6 is 0 Å². The van der Waals surface area contributed by atoms with Crippen molar-refractivity contribution in [3.8, 4) is 5.75 Å². The third-order valence-electron chi connectivity index (χ3n) is 5.98. The maximum absolute atomic E-state index is 12.3. The number of hydrogen-bond acceptors (Lipinski definition) is 2. The van der Waals surface area contributed by atoms with E-state index < -0.39 is 0 Å². The molecule has 0 spiro atoms. The van der Waals surface area contributed by atoms with Gasteiger partial charge in [0.05, 0.1) is 12.5 Å². The van der Waals surface area contributed by atoms with Gasteiger partial charge in [-0.2, -0.15) is 0 Å². The summed E-state index contributed by atoms with van der Waals surface area (Å²) in [4.78, 5) is 12.3. The maximum Gasteiger partial charge on any atom is 0.146 e. The first kappa shape index (κ1) is 13.8. The molecular weight excluding hydrogens is 272 g/mol. The predicted molar refractivity (Wildman–Crippen MR) is 88.0 cm³/mol. The van der Waals surface area contributed by atoms with Gasteiger partial charge in [-0.25, -0.2) is 0 Å². The van der Waals surface area contributed by atoms with Crippen molar-refractivity contribution in [3.05, 3.63) is 46.0 Å². The van der Waals surface area contributed by atoms with Gasteiger partial charge < -0.3 is 4.74 Å². The smallest absolute Gasteiger partial charge is 0.146 e. The molecule has 0 heterocycles. The third kappa shape index (κ3) is 1.64. The Bertz CT molecular complexity index is 751. The van der Waals surface area contributed by atoms with Gasteiger partial charge in [0.2, 0.25) is 0 Å². The van der Waals surface area contributed by atoms with Gasteiger partial charge in [-0.15, -0.1) is 0 Å². The van der Waals surface area contributed by atoms with E-state index in [2.05, 4.69) is 32.1 Å². The number of carbonyl (C=O) groups excluding carboxylic acids is 1. The van der Waals surface area contributed by atoms with Crippen LogP contribution in [0.15, 0.2) is 29.4 Å². The van der Waals surface area contributed by atoms with Crippen LogP contribution in [-0.4, -0.2) is 12.9 Å². The van der Waals surface area contributed by atoms with Gasteiger partial charge in [0.15, 0.2) is 0 Å². The van der Waals surface area contributed by atoms with Crippen molar-refractivity contribution in [1.82, 2.24) is 0 Å². The highest BCUT2D eigenvalue weighted by molar-refractivity contribution is 5.96. The molecule has 0 aliphatic heterocycles. The van der Waals surface area contributed by atoms with E-state index in [1.807, 2.05) is 0 Å². The van der Waals surface area contributed by atoms with Crippen LogP contribution in [0, 0.1) is 12.3 Å². The molecule has 1 atom stereocenters. The first-order valence-corrected chi connectivity index (χ1v) is 8.19. The molecule has 22 heavy (non-hydrogen) atoms. The van der Waals surface area contributed by atoms with Crippen LogP contribution in [0.2, 0.25) is 0 Å². The fourth-order valence-electron chi connectivity index (χ4n) is 4.61. The lowest BCUT2D eigenvalue weighted by Crippen LogP contribution is -2.30. The first-order valence-electron chi connectivity index (χ1n) is 8.19. The summed E-state index contributed by atoms with van der Waals surface area (Å²) >= 11 is 0. The zero-order chi connectivity index (χ0) is 15.5. The molecule has 1 aromatic rings. The van der Waals surface area contributed by atoms with Crippen LogP contribution in [0.4, 0.5) is 0 Å². The molecule has 2 nitrogen and oxygen atoms in total. The van der Waals surface area contributed by atoms with E-state index in [9.17, 15) is 4.79 Å². The van der Waals surface area contributed by atoms with Crippen molar-refractivity contribution in [3.63, 3.8) is 0 Å². The standard InChI is InChI=1S/C20H22O2/c1-12-13-4-5-16-15(14(13)6-8-18(12)22-3)10-11-20(2)17(16)7-9-19(20)21/h6-8H,4-5,9-11H2,1-3H3/t20-/m0/s1. The summed E-state index contributed by atoms with van der Waals surface area (Å²) in [5.41, 5.74) is 8.16. The van der Waals surface area contributed by atoms with E-state index in [-0.39, 0.29) is 5.41 Å². The van der Waals surface area contributed by atoms with E-state index >= 15 is 0 Å². The van der Waals surface area contributed by atoms with Crippen molar-refractivity contribution < 1.29 is 9.53 Å². The van der Waals surface area contributed by atoms with Crippen LogP contribution in [-0.2, 0) is 11.2 Å². The van der Waals surface area contributed by atoms with Gasteiger partial charge in [0.25, 0.3) is 0 Å². The number of methoxy groups -OCH3 is 1. The molecule has 114 valence electrons. The largest absolute Gasteiger partial charge is 0.496 e. The van der Waals surface area contributed by atoms with E-state index in [4.69, 9.17) is 4.74 Å². The number of Topliss-reactive ketones (excluding diaryl/α,β-unsaturated/α-hetero) is 1. The fraction of sp³-hybridized carbons (Fsp3) is 0.450. The Morgan fingerprint density at radius 2 is 1.95 bits per heavy atom.